The molecular weight excluding hydrogens is 305 g/mol. The van der Waals surface area contributed by atoms with E-state index in [4.69, 9.17) is 4.74 Å². The van der Waals surface area contributed by atoms with Gasteiger partial charge in [0, 0.05) is 24.7 Å². The average molecular weight is 323 g/mol. The Kier molecular flexibility index (Phi) is 5.15. The van der Waals surface area contributed by atoms with E-state index in [9.17, 15) is 12.8 Å². The number of benzene rings is 2. The summed E-state index contributed by atoms with van der Waals surface area (Å²) in [4.78, 5) is 0. The van der Waals surface area contributed by atoms with Gasteiger partial charge in [0.2, 0.25) is 10.0 Å². The number of methoxy groups -OCH3 is 1. The second kappa shape index (κ2) is 6.89. The van der Waals surface area contributed by atoms with Gasteiger partial charge in [-0.15, -0.1) is 0 Å². The lowest BCUT2D eigenvalue weighted by molar-refractivity contribution is 0.398. The maximum absolute atomic E-state index is 13.6. The van der Waals surface area contributed by atoms with Crippen LogP contribution in [-0.2, 0) is 22.3 Å². The highest BCUT2D eigenvalue weighted by atomic mass is 32.2. The molecule has 0 aliphatic carbocycles. The first-order chi connectivity index (χ1) is 10.4. The number of hydrogen-bond donors (Lipinski definition) is 0. The van der Waals surface area contributed by atoms with E-state index in [1.165, 1.54) is 36.7 Å². The van der Waals surface area contributed by atoms with E-state index >= 15 is 0 Å². The van der Waals surface area contributed by atoms with Gasteiger partial charge in [0.25, 0.3) is 0 Å². The third kappa shape index (κ3) is 3.84. The van der Waals surface area contributed by atoms with E-state index < -0.39 is 15.8 Å². The normalized spacial score (nSPS) is 11.6. The van der Waals surface area contributed by atoms with Crippen LogP contribution in [0.2, 0.25) is 0 Å². The molecule has 2 aromatic rings. The van der Waals surface area contributed by atoms with Crippen molar-refractivity contribution in [1.29, 1.82) is 0 Å². The van der Waals surface area contributed by atoms with Crippen molar-refractivity contribution in [2.24, 2.45) is 0 Å². The molecule has 0 saturated carbocycles. The highest BCUT2D eigenvalue weighted by Crippen LogP contribution is 2.21. The Morgan fingerprint density at radius 1 is 1.05 bits per heavy atom. The number of nitrogens with zero attached hydrogens (tertiary/aromatic N) is 1. The van der Waals surface area contributed by atoms with Crippen molar-refractivity contribution in [3.63, 3.8) is 0 Å². The van der Waals surface area contributed by atoms with Gasteiger partial charge >= 0.3 is 0 Å². The average Bonchev–Trinajstić information content (AvgIpc) is 2.50. The zero-order valence-corrected chi connectivity index (χ0v) is 13.3. The molecule has 22 heavy (non-hydrogen) atoms. The molecule has 0 atom stereocenters. The fourth-order valence-electron chi connectivity index (χ4n) is 2.09. The summed E-state index contributed by atoms with van der Waals surface area (Å²) in [5.41, 5.74) is 0.916. The third-order valence-corrected chi connectivity index (χ3v) is 5.11. The van der Waals surface area contributed by atoms with E-state index in [0.717, 1.165) is 5.56 Å². The summed E-state index contributed by atoms with van der Waals surface area (Å²) in [6.45, 7) is 0.167. The molecule has 0 aromatic heterocycles. The van der Waals surface area contributed by atoms with Gasteiger partial charge in [-0.3, -0.25) is 0 Å². The van der Waals surface area contributed by atoms with Crippen LogP contribution >= 0.6 is 0 Å². The Morgan fingerprint density at radius 3 is 2.27 bits per heavy atom. The molecule has 0 fully saturated rings. The number of ether oxygens (including phenoxy) is 1. The highest BCUT2D eigenvalue weighted by Gasteiger charge is 2.21. The third-order valence-electron chi connectivity index (χ3n) is 3.36. The van der Waals surface area contributed by atoms with Crippen molar-refractivity contribution in [2.45, 2.75) is 12.3 Å². The fourth-order valence-corrected chi connectivity index (χ4v) is 3.28. The number of hydrogen-bond acceptors (Lipinski definition) is 3. The van der Waals surface area contributed by atoms with Crippen molar-refractivity contribution in [1.82, 2.24) is 4.31 Å². The largest absolute Gasteiger partial charge is 0.496 e. The van der Waals surface area contributed by atoms with Gasteiger partial charge in [0.15, 0.2) is 0 Å². The van der Waals surface area contributed by atoms with Crippen LogP contribution in [0.25, 0.3) is 0 Å². The molecule has 2 rings (SSSR count). The molecule has 118 valence electrons. The number of rotatable bonds is 6. The quantitative estimate of drug-likeness (QED) is 0.821. The van der Waals surface area contributed by atoms with E-state index in [-0.39, 0.29) is 17.9 Å². The first-order valence-corrected chi connectivity index (χ1v) is 8.34. The monoisotopic (exact) mass is 323 g/mol. The molecule has 4 nitrogen and oxygen atoms in total. The van der Waals surface area contributed by atoms with Crippen LogP contribution in [0.5, 0.6) is 5.75 Å². The molecule has 6 heteroatoms. The maximum atomic E-state index is 13.6. The molecule has 2 aromatic carbocycles. The fraction of sp³-hybridized carbons (Fsp3) is 0.250. The van der Waals surface area contributed by atoms with Crippen LogP contribution in [0.4, 0.5) is 4.39 Å². The summed E-state index contributed by atoms with van der Waals surface area (Å²) in [5.74, 6) is -0.266. The van der Waals surface area contributed by atoms with Gasteiger partial charge in [0.1, 0.15) is 11.6 Å². The highest BCUT2D eigenvalue weighted by molar-refractivity contribution is 7.88. The molecule has 0 amide bonds. The van der Waals surface area contributed by atoms with Crippen molar-refractivity contribution in [3.05, 3.63) is 65.5 Å². The molecule has 0 aliphatic rings. The number of halogens is 1. The lowest BCUT2D eigenvalue weighted by Gasteiger charge is -2.19. The van der Waals surface area contributed by atoms with E-state index in [2.05, 4.69) is 0 Å². The standard InChI is InChI=1S/C16H18FNO3S/c1-18(11-13-7-4-6-10-16(13)21-2)22(19,20)12-14-8-3-5-9-15(14)17/h3-10H,11-12H2,1-2H3. The van der Waals surface area contributed by atoms with Gasteiger partial charge < -0.3 is 4.74 Å². The van der Waals surface area contributed by atoms with Crippen LogP contribution in [-0.4, -0.2) is 26.9 Å². The van der Waals surface area contributed by atoms with Gasteiger partial charge in [-0.05, 0) is 12.1 Å². The summed E-state index contributed by atoms with van der Waals surface area (Å²) >= 11 is 0. The molecule has 0 heterocycles. The van der Waals surface area contributed by atoms with Gasteiger partial charge in [-0.25, -0.2) is 17.1 Å². The van der Waals surface area contributed by atoms with Crippen LogP contribution in [0.15, 0.2) is 48.5 Å². The van der Waals surface area contributed by atoms with Gasteiger partial charge in [-0.2, -0.15) is 0 Å². The maximum Gasteiger partial charge on any atom is 0.218 e. The Hall–Kier alpha value is -1.92. The van der Waals surface area contributed by atoms with Crippen LogP contribution in [0, 0.1) is 5.82 Å². The molecule has 0 N–H and O–H groups in total. The van der Waals surface area contributed by atoms with E-state index in [1.54, 1.807) is 18.2 Å². The summed E-state index contributed by atoms with van der Waals surface area (Å²) in [6.07, 6.45) is 0. The molecule has 0 bridgehead atoms. The lowest BCUT2D eigenvalue weighted by Crippen LogP contribution is -2.28. The lowest BCUT2D eigenvalue weighted by atomic mass is 10.2. The topological polar surface area (TPSA) is 46.6 Å². The molecule has 0 saturated heterocycles. The zero-order chi connectivity index (χ0) is 16.2. The first-order valence-electron chi connectivity index (χ1n) is 6.73. The molecule has 0 radical (unpaired) electrons. The second-order valence-electron chi connectivity index (χ2n) is 4.92. The first kappa shape index (κ1) is 16.5. The van der Waals surface area contributed by atoms with Gasteiger partial charge in [-0.1, -0.05) is 36.4 Å². The summed E-state index contributed by atoms with van der Waals surface area (Å²) in [6, 6.07) is 13.1. The van der Waals surface area contributed by atoms with E-state index in [1.807, 2.05) is 12.1 Å². The van der Waals surface area contributed by atoms with Crippen LogP contribution in [0.3, 0.4) is 0 Å². The molecule has 0 aliphatic heterocycles. The number of para-hydroxylation sites is 1. The predicted molar refractivity (Wildman–Crippen MR) is 83.5 cm³/mol. The Morgan fingerprint density at radius 2 is 1.64 bits per heavy atom. The Labute approximate surface area is 130 Å². The van der Waals surface area contributed by atoms with Crippen LogP contribution in [0.1, 0.15) is 11.1 Å². The minimum atomic E-state index is -3.62. The molecule has 0 unspecified atom stereocenters. The van der Waals surface area contributed by atoms with Crippen molar-refractivity contribution in [3.8, 4) is 5.75 Å². The van der Waals surface area contributed by atoms with Crippen molar-refractivity contribution >= 4 is 10.0 Å². The predicted octanol–water partition coefficient (Wildman–Crippen LogP) is 2.80. The SMILES string of the molecule is COc1ccccc1CN(C)S(=O)(=O)Cc1ccccc1F. The number of sulfonamides is 1. The second-order valence-corrected chi connectivity index (χ2v) is 6.99. The summed E-state index contributed by atoms with van der Waals surface area (Å²) in [7, 11) is -0.612. The van der Waals surface area contributed by atoms with Crippen molar-refractivity contribution < 1.29 is 17.5 Å². The van der Waals surface area contributed by atoms with Crippen molar-refractivity contribution in [2.75, 3.05) is 14.2 Å². The van der Waals surface area contributed by atoms with E-state index in [0.29, 0.717) is 5.75 Å². The van der Waals surface area contributed by atoms with Gasteiger partial charge in [0.05, 0.1) is 12.9 Å². The summed E-state index contributed by atoms with van der Waals surface area (Å²) in [5, 5.41) is 0. The summed E-state index contributed by atoms with van der Waals surface area (Å²) < 4.78 is 44.8. The molecular formula is C16H18FNO3S. The van der Waals surface area contributed by atoms with Crippen LogP contribution < -0.4 is 4.74 Å². The molecule has 0 spiro atoms. The minimum absolute atomic E-state index is 0.161. The smallest absolute Gasteiger partial charge is 0.218 e. The Balaban J connectivity index is 2.17. The zero-order valence-electron chi connectivity index (χ0n) is 12.5. The minimum Gasteiger partial charge on any atom is -0.496 e. The Bertz CT molecular complexity index is 747.